The maximum atomic E-state index is 10.6. The minimum Gasteiger partial charge on any atom is -0.494 e. The van der Waals surface area contributed by atoms with Gasteiger partial charge in [0.05, 0.1) is 12.3 Å². The lowest BCUT2D eigenvalue weighted by atomic mass is 10.0. The molecule has 0 aliphatic heterocycles. The second kappa shape index (κ2) is 11.5. The molecule has 4 rings (SSSR count). The Morgan fingerprint density at radius 1 is 0.943 bits per heavy atom. The number of carbonyl (C=O) groups is 1. The van der Waals surface area contributed by atoms with Crippen molar-refractivity contribution in [3.63, 3.8) is 0 Å². The van der Waals surface area contributed by atoms with Crippen molar-refractivity contribution in [3.05, 3.63) is 95.4 Å². The fourth-order valence-electron chi connectivity index (χ4n) is 3.69. The number of hydrogen-bond donors (Lipinski definition) is 1. The molecular formula is C29H27ClN2O3. The number of ether oxygens (including phenoxy) is 1. The number of carboxylic acid groups (broad SMARTS) is 1. The highest BCUT2D eigenvalue weighted by molar-refractivity contribution is 6.30. The van der Waals surface area contributed by atoms with Crippen LogP contribution in [0.2, 0.25) is 5.02 Å². The third-order valence-corrected chi connectivity index (χ3v) is 5.87. The topological polar surface area (TPSA) is 64.4 Å². The van der Waals surface area contributed by atoms with E-state index < -0.39 is 5.97 Å². The summed E-state index contributed by atoms with van der Waals surface area (Å²) in [6.45, 7) is 3.33. The van der Waals surface area contributed by atoms with Crippen LogP contribution < -0.4 is 4.74 Å². The number of benzene rings is 3. The number of aliphatic carboxylic acids is 1. The summed E-state index contributed by atoms with van der Waals surface area (Å²) in [4.78, 5) is 15.4. The lowest BCUT2D eigenvalue weighted by molar-refractivity contribution is -0.137. The highest BCUT2D eigenvalue weighted by Gasteiger charge is 2.07. The number of nitrogens with zero attached hydrogens (tertiary/aromatic N) is 2. The summed E-state index contributed by atoms with van der Waals surface area (Å²) in [6, 6.07) is 23.9. The van der Waals surface area contributed by atoms with Crippen molar-refractivity contribution in [1.29, 1.82) is 0 Å². The van der Waals surface area contributed by atoms with E-state index in [1.165, 1.54) is 0 Å². The average molecular weight is 487 g/mol. The summed E-state index contributed by atoms with van der Waals surface area (Å²) in [6.07, 6.45) is 6.77. The summed E-state index contributed by atoms with van der Waals surface area (Å²) in [5.74, 6) is 0.837. The fourth-order valence-corrected chi connectivity index (χ4v) is 3.82. The number of imidazole rings is 1. The zero-order chi connectivity index (χ0) is 24.6. The molecule has 178 valence electrons. The molecule has 1 N–H and O–H groups in total. The summed E-state index contributed by atoms with van der Waals surface area (Å²) in [5, 5.41) is 9.40. The maximum Gasteiger partial charge on any atom is 0.303 e. The smallest absolute Gasteiger partial charge is 0.303 e. The van der Waals surface area contributed by atoms with Gasteiger partial charge in [-0.15, -0.1) is 0 Å². The Balaban J connectivity index is 1.41. The predicted molar refractivity (Wildman–Crippen MR) is 142 cm³/mol. The number of rotatable bonds is 10. The first kappa shape index (κ1) is 24.3. The van der Waals surface area contributed by atoms with Crippen molar-refractivity contribution in [2.24, 2.45) is 0 Å². The van der Waals surface area contributed by atoms with E-state index in [0.29, 0.717) is 18.1 Å². The number of hydrogen-bond acceptors (Lipinski definition) is 3. The average Bonchev–Trinajstić information content (AvgIpc) is 3.30. The molecule has 1 heterocycles. The van der Waals surface area contributed by atoms with Crippen molar-refractivity contribution in [2.75, 3.05) is 6.61 Å². The van der Waals surface area contributed by atoms with Gasteiger partial charge in [0.2, 0.25) is 0 Å². The van der Waals surface area contributed by atoms with Crippen LogP contribution in [0.4, 0.5) is 0 Å². The molecule has 0 saturated carbocycles. The minimum atomic E-state index is -0.805. The summed E-state index contributed by atoms with van der Waals surface area (Å²) < 4.78 is 7.73. The molecule has 1 aromatic heterocycles. The van der Waals surface area contributed by atoms with Gasteiger partial charge < -0.3 is 14.4 Å². The Labute approximate surface area is 210 Å². The van der Waals surface area contributed by atoms with E-state index in [4.69, 9.17) is 26.4 Å². The van der Waals surface area contributed by atoms with Crippen LogP contribution in [-0.4, -0.2) is 27.2 Å². The Kier molecular flexibility index (Phi) is 8.01. The van der Waals surface area contributed by atoms with Gasteiger partial charge in [0, 0.05) is 29.7 Å². The molecule has 0 amide bonds. The Morgan fingerprint density at radius 3 is 2.20 bits per heavy atom. The molecule has 0 atom stereocenters. The highest BCUT2D eigenvalue weighted by atomic mass is 35.5. The first-order valence-corrected chi connectivity index (χ1v) is 12.0. The molecule has 4 aromatic rings. The second-order valence-electron chi connectivity index (χ2n) is 8.10. The summed E-state index contributed by atoms with van der Waals surface area (Å²) in [5.41, 5.74) is 5.25. The molecule has 5 nitrogen and oxygen atoms in total. The third kappa shape index (κ3) is 6.61. The molecule has 0 bridgehead atoms. The van der Waals surface area contributed by atoms with Gasteiger partial charge in [-0.2, -0.15) is 0 Å². The van der Waals surface area contributed by atoms with E-state index >= 15 is 0 Å². The van der Waals surface area contributed by atoms with Gasteiger partial charge in [-0.3, -0.25) is 4.79 Å². The van der Waals surface area contributed by atoms with Crippen molar-refractivity contribution < 1.29 is 14.6 Å². The SMILES string of the molecule is CCn1cc(-c2ccc(Cl)cc2)nc1/C=C/c1ccc(-c2ccc(OCCCC(=O)O)cc2)cc1. The molecule has 35 heavy (non-hydrogen) atoms. The van der Waals surface area contributed by atoms with Gasteiger partial charge in [0.25, 0.3) is 0 Å². The Morgan fingerprint density at radius 2 is 1.57 bits per heavy atom. The van der Waals surface area contributed by atoms with E-state index in [2.05, 4.69) is 48.0 Å². The molecule has 6 heteroatoms. The van der Waals surface area contributed by atoms with Crippen molar-refractivity contribution in [2.45, 2.75) is 26.3 Å². The van der Waals surface area contributed by atoms with E-state index in [1.54, 1.807) is 0 Å². The number of carboxylic acids is 1. The number of aromatic nitrogens is 2. The molecule has 0 spiro atoms. The normalized spacial score (nSPS) is 11.1. The first-order valence-electron chi connectivity index (χ1n) is 11.6. The van der Waals surface area contributed by atoms with Gasteiger partial charge in [0.1, 0.15) is 11.6 Å². The van der Waals surface area contributed by atoms with Crippen LogP contribution in [0, 0.1) is 0 Å². The molecule has 0 fully saturated rings. The van der Waals surface area contributed by atoms with Crippen molar-refractivity contribution in [3.8, 4) is 28.1 Å². The van der Waals surface area contributed by atoms with Gasteiger partial charge in [0.15, 0.2) is 0 Å². The minimum absolute atomic E-state index is 0.114. The van der Waals surface area contributed by atoms with Gasteiger partial charge in [-0.1, -0.05) is 66.2 Å². The van der Waals surface area contributed by atoms with Gasteiger partial charge in [-0.25, -0.2) is 4.98 Å². The van der Waals surface area contributed by atoms with Crippen LogP contribution in [0.25, 0.3) is 34.5 Å². The Hall–Kier alpha value is -3.83. The molecule has 3 aromatic carbocycles. The number of aryl methyl sites for hydroxylation is 1. The van der Waals surface area contributed by atoms with E-state index in [0.717, 1.165) is 46.1 Å². The van der Waals surface area contributed by atoms with Gasteiger partial charge in [-0.05, 0) is 60.4 Å². The van der Waals surface area contributed by atoms with Gasteiger partial charge >= 0.3 is 5.97 Å². The number of halogens is 1. The van der Waals surface area contributed by atoms with Crippen molar-refractivity contribution >= 4 is 29.7 Å². The third-order valence-electron chi connectivity index (χ3n) is 5.61. The van der Waals surface area contributed by atoms with E-state index in [9.17, 15) is 4.79 Å². The summed E-state index contributed by atoms with van der Waals surface area (Å²) in [7, 11) is 0. The largest absolute Gasteiger partial charge is 0.494 e. The van der Waals surface area contributed by atoms with Crippen LogP contribution in [0.15, 0.2) is 79.0 Å². The lowest BCUT2D eigenvalue weighted by Gasteiger charge is -2.07. The standard InChI is InChI=1S/C29H27ClN2O3/c1-2-32-20-27(24-10-14-25(30)15-11-24)31-28(32)18-7-21-5-8-22(9-6-21)23-12-16-26(17-13-23)35-19-3-4-29(33)34/h5-18,20H,2-4,19H2,1H3,(H,33,34)/b18-7+. The molecule has 0 aliphatic carbocycles. The zero-order valence-electron chi connectivity index (χ0n) is 19.5. The monoisotopic (exact) mass is 486 g/mol. The van der Waals surface area contributed by atoms with Crippen LogP contribution >= 0.6 is 11.6 Å². The molecule has 0 saturated heterocycles. The van der Waals surface area contributed by atoms with E-state index in [-0.39, 0.29) is 6.42 Å². The molecule has 0 radical (unpaired) electrons. The fraction of sp³-hybridized carbons (Fsp3) is 0.172. The molecular weight excluding hydrogens is 460 g/mol. The highest BCUT2D eigenvalue weighted by Crippen LogP contribution is 2.25. The molecule has 0 aliphatic rings. The first-order chi connectivity index (χ1) is 17.0. The summed E-state index contributed by atoms with van der Waals surface area (Å²) >= 11 is 6.01. The van der Waals surface area contributed by atoms with E-state index in [1.807, 2.05) is 54.6 Å². The second-order valence-corrected chi connectivity index (χ2v) is 8.54. The van der Waals surface area contributed by atoms with Crippen molar-refractivity contribution in [1.82, 2.24) is 9.55 Å². The Bertz CT molecular complexity index is 1290. The van der Waals surface area contributed by atoms with Crippen LogP contribution in [0.5, 0.6) is 5.75 Å². The zero-order valence-corrected chi connectivity index (χ0v) is 20.3. The van der Waals surface area contributed by atoms with Crippen LogP contribution in [0.3, 0.4) is 0 Å². The maximum absolute atomic E-state index is 10.6. The lowest BCUT2D eigenvalue weighted by Crippen LogP contribution is -2.01. The predicted octanol–water partition coefficient (Wildman–Crippen LogP) is 7.30. The molecule has 0 unspecified atom stereocenters. The van der Waals surface area contributed by atoms with Crippen LogP contribution in [-0.2, 0) is 11.3 Å². The quantitative estimate of drug-likeness (QED) is 0.239. The van der Waals surface area contributed by atoms with Crippen LogP contribution in [0.1, 0.15) is 31.2 Å².